The van der Waals surface area contributed by atoms with Crippen LogP contribution in [0.15, 0.2) is 42.5 Å². The van der Waals surface area contributed by atoms with Crippen LogP contribution in [0.25, 0.3) is 11.1 Å². The van der Waals surface area contributed by atoms with E-state index in [-0.39, 0.29) is 23.1 Å². The number of amides is 1. The number of carbonyl (C=O) groups is 2. The van der Waals surface area contributed by atoms with Gasteiger partial charge in [0.2, 0.25) is 5.91 Å². The molecule has 4 rings (SSSR count). The Morgan fingerprint density at radius 3 is 2.52 bits per heavy atom. The standard InChI is InChI=1S/C25H25NO6S/c1-4-11-32-19-12-15(7-10-18(19)31-3)17-13-20(27)26-22-21(24(25(28)29)33-23(17)22)14-5-8-16(30-2)9-6-14/h5-10,12,17H,4,11,13H2,1-3H3,(H,26,27)(H,28,29). The first kappa shape index (κ1) is 22.7. The summed E-state index contributed by atoms with van der Waals surface area (Å²) in [7, 11) is 3.15. The third kappa shape index (κ3) is 4.39. The van der Waals surface area contributed by atoms with Gasteiger partial charge in [-0.05, 0) is 41.8 Å². The van der Waals surface area contributed by atoms with Crippen LogP contribution in [0, 0.1) is 0 Å². The molecule has 1 unspecified atom stereocenters. The van der Waals surface area contributed by atoms with Crippen molar-refractivity contribution < 1.29 is 28.9 Å². The lowest BCUT2D eigenvalue weighted by Crippen LogP contribution is -2.22. The number of aromatic carboxylic acids is 1. The summed E-state index contributed by atoms with van der Waals surface area (Å²) in [5.74, 6) is 0.399. The Morgan fingerprint density at radius 2 is 1.88 bits per heavy atom. The summed E-state index contributed by atoms with van der Waals surface area (Å²) in [6, 6.07) is 12.7. The minimum absolute atomic E-state index is 0.163. The van der Waals surface area contributed by atoms with Crippen molar-refractivity contribution >= 4 is 28.9 Å². The zero-order chi connectivity index (χ0) is 23.5. The van der Waals surface area contributed by atoms with Gasteiger partial charge < -0.3 is 24.6 Å². The average Bonchev–Trinajstić information content (AvgIpc) is 3.21. The number of methoxy groups -OCH3 is 2. The number of benzene rings is 2. The summed E-state index contributed by atoms with van der Waals surface area (Å²) in [6.45, 7) is 2.56. The molecule has 1 atom stereocenters. The van der Waals surface area contributed by atoms with Gasteiger partial charge in [0.25, 0.3) is 0 Å². The Kier molecular flexibility index (Phi) is 6.55. The molecule has 1 aromatic heterocycles. The number of thiophene rings is 1. The number of rotatable bonds is 8. The summed E-state index contributed by atoms with van der Waals surface area (Å²) < 4.78 is 16.5. The molecule has 3 aromatic rings. The molecular weight excluding hydrogens is 442 g/mol. The quantitative estimate of drug-likeness (QED) is 0.461. The van der Waals surface area contributed by atoms with E-state index in [4.69, 9.17) is 14.2 Å². The summed E-state index contributed by atoms with van der Waals surface area (Å²) in [5.41, 5.74) is 2.64. The van der Waals surface area contributed by atoms with Gasteiger partial charge in [-0.1, -0.05) is 25.1 Å². The molecule has 2 N–H and O–H groups in total. The predicted molar refractivity (Wildman–Crippen MR) is 127 cm³/mol. The second kappa shape index (κ2) is 9.54. The lowest BCUT2D eigenvalue weighted by molar-refractivity contribution is -0.116. The van der Waals surface area contributed by atoms with Crippen molar-refractivity contribution in [2.75, 3.05) is 26.1 Å². The van der Waals surface area contributed by atoms with Crippen molar-refractivity contribution in [3.05, 3.63) is 57.8 Å². The van der Waals surface area contributed by atoms with E-state index >= 15 is 0 Å². The Bertz CT molecular complexity index is 1180. The molecule has 1 amide bonds. The minimum Gasteiger partial charge on any atom is -0.497 e. The van der Waals surface area contributed by atoms with E-state index in [1.807, 2.05) is 25.1 Å². The lowest BCUT2D eigenvalue weighted by atomic mass is 9.88. The molecular formula is C25H25NO6S. The first-order valence-electron chi connectivity index (χ1n) is 10.6. The van der Waals surface area contributed by atoms with E-state index in [1.54, 1.807) is 38.5 Å². The highest BCUT2D eigenvalue weighted by Crippen LogP contribution is 2.50. The van der Waals surface area contributed by atoms with Crippen LogP contribution in [0.1, 0.15) is 45.8 Å². The van der Waals surface area contributed by atoms with Gasteiger partial charge in [-0.15, -0.1) is 11.3 Å². The summed E-state index contributed by atoms with van der Waals surface area (Å²) in [5, 5.41) is 12.9. The molecule has 0 saturated heterocycles. The number of carbonyl (C=O) groups excluding carboxylic acids is 1. The average molecular weight is 468 g/mol. The fourth-order valence-electron chi connectivity index (χ4n) is 3.97. The molecule has 7 nitrogen and oxygen atoms in total. The fourth-order valence-corrected chi connectivity index (χ4v) is 5.22. The van der Waals surface area contributed by atoms with Crippen LogP contribution in [-0.2, 0) is 4.79 Å². The van der Waals surface area contributed by atoms with Gasteiger partial charge in [0, 0.05) is 22.8 Å². The third-order valence-electron chi connectivity index (χ3n) is 5.53. The molecule has 0 aliphatic carbocycles. The molecule has 1 aliphatic heterocycles. The van der Waals surface area contributed by atoms with E-state index < -0.39 is 5.97 Å². The van der Waals surface area contributed by atoms with Gasteiger partial charge in [0.15, 0.2) is 11.5 Å². The predicted octanol–water partition coefficient (Wildman–Crippen LogP) is 5.39. The Balaban J connectivity index is 1.84. The van der Waals surface area contributed by atoms with Crippen LogP contribution in [0.2, 0.25) is 0 Å². The minimum atomic E-state index is -1.03. The largest absolute Gasteiger partial charge is 0.497 e. The SMILES string of the molecule is CCCOc1cc(C2CC(=O)Nc3c2sc(C(=O)O)c3-c2ccc(OC)cc2)ccc1OC. The number of hydrogen-bond acceptors (Lipinski definition) is 6. The van der Waals surface area contributed by atoms with Crippen molar-refractivity contribution in [1.82, 2.24) is 0 Å². The number of hydrogen-bond donors (Lipinski definition) is 2. The van der Waals surface area contributed by atoms with E-state index in [0.717, 1.165) is 16.9 Å². The maximum atomic E-state index is 12.7. The highest BCUT2D eigenvalue weighted by atomic mass is 32.1. The van der Waals surface area contributed by atoms with E-state index in [2.05, 4.69) is 5.32 Å². The van der Waals surface area contributed by atoms with Crippen molar-refractivity contribution in [1.29, 1.82) is 0 Å². The van der Waals surface area contributed by atoms with Crippen molar-refractivity contribution in [3.8, 4) is 28.4 Å². The van der Waals surface area contributed by atoms with Gasteiger partial charge in [-0.25, -0.2) is 4.79 Å². The molecule has 1 aliphatic rings. The Morgan fingerprint density at radius 1 is 1.12 bits per heavy atom. The third-order valence-corrected chi connectivity index (χ3v) is 6.82. The number of fused-ring (bicyclic) bond motifs is 1. The molecule has 0 saturated carbocycles. The van der Waals surface area contributed by atoms with Crippen LogP contribution in [0.4, 0.5) is 5.69 Å². The molecule has 0 spiro atoms. The Hall–Kier alpha value is -3.52. The van der Waals surface area contributed by atoms with E-state index in [0.29, 0.717) is 40.7 Å². The monoisotopic (exact) mass is 467 g/mol. The molecule has 2 aromatic carbocycles. The second-order valence-electron chi connectivity index (χ2n) is 7.64. The van der Waals surface area contributed by atoms with Crippen LogP contribution in [0.3, 0.4) is 0 Å². The zero-order valence-corrected chi connectivity index (χ0v) is 19.5. The van der Waals surface area contributed by atoms with Crippen LogP contribution < -0.4 is 19.5 Å². The lowest BCUT2D eigenvalue weighted by Gasteiger charge is -2.24. The summed E-state index contributed by atoms with van der Waals surface area (Å²) in [6.07, 6.45) is 1.07. The Labute approximate surface area is 195 Å². The maximum Gasteiger partial charge on any atom is 0.346 e. The van der Waals surface area contributed by atoms with Gasteiger partial charge >= 0.3 is 5.97 Å². The van der Waals surface area contributed by atoms with E-state index in [1.165, 1.54) is 11.3 Å². The normalized spacial score (nSPS) is 14.9. The zero-order valence-electron chi connectivity index (χ0n) is 18.6. The number of carboxylic acids is 1. The molecule has 0 radical (unpaired) electrons. The van der Waals surface area contributed by atoms with Crippen LogP contribution >= 0.6 is 11.3 Å². The van der Waals surface area contributed by atoms with Crippen LogP contribution in [0.5, 0.6) is 17.2 Å². The second-order valence-corrected chi connectivity index (χ2v) is 8.69. The van der Waals surface area contributed by atoms with Crippen LogP contribution in [-0.4, -0.2) is 37.8 Å². The number of ether oxygens (including phenoxy) is 3. The van der Waals surface area contributed by atoms with Gasteiger partial charge in [-0.3, -0.25) is 4.79 Å². The molecule has 172 valence electrons. The number of nitrogens with one attached hydrogen (secondary N) is 1. The molecule has 0 bridgehead atoms. The highest BCUT2D eigenvalue weighted by Gasteiger charge is 2.34. The van der Waals surface area contributed by atoms with Crippen molar-refractivity contribution in [2.45, 2.75) is 25.7 Å². The number of anilines is 1. The summed E-state index contributed by atoms with van der Waals surface area (Å²) >= 11 is 1.20. The van der Waals surface area contributed by atoms with Crippen molar-refractivity contribution in [3.63, 3.8) is 0 Å². The van der Waals surface area contributed by atoms with Crippen molar-refractivity contribution in [2.24, 2.45) is 0 Å². The summed E-state index contributed by atoms with van der Waals surface area (Å²) in [4.78, 5) is 25.9. The topological polar surface area (TPSA) is 94.1 Å². The molecule has 33 heavy (non-hydrogen) atoms. The molecule has 2 heterocycles. The highest BCUT2D eigenvalue weighted by molar-refractivity contribution is 7.15. The first-order valence-corrected chi connectivity index (χ1v) is 11.4. The van der Waals surface area contributed by atoms with Gasteiger partial charge in [0.05, 0.1) is 26.5 Å². The van der Waals surface area contributed by atoms with Gasteiger partial charge in [0.1, 0.15) is 10.6 Å². The maximum absolute atomic E-state index is 12.7. The molecule has 8 heteroatoms. The first-order chi connectivity index (χ1) is 16.0. The van der Waals surface area contributed by atoms with E-state index in [9.17, 15) is 14.7 Å². The number of carboxylic acid groups (broad SMARTS) is 1. The fraction of sp³-hybridized carbons (Fsp3) is 0.280. The molecule has 0 fully saturated rings. The van der Waals surface area contributed by atoms with Gasteiger partial charge in [-0.2, -0.15) is 0 Å². The smallest absolute Gasteiger partial charge is 0.346 e.